The Morgan fingerprint density at radius 3 is 2.55 bits per heavy atom. The summed E-state index contributed by atoms with van der Waals surface area (Å²) in [5.74, 6) is 0.305. The van der Waals surface area contributed by atoms with Crippen molar-refractivity contribution in [2.75, 3.05) is 0 Å². The molecule has 4 aromatic rings. The highest BCUT2D eigenvalue weighted by Gasteiger charge is 2.15. The summed E-state index contributed by atoms with van der Waals surface area (Å²) >= 11 is 0. The summed E-state index contributed by atoms with van der Waals surface area (Å²) in [6, 6.07) is 7.67. The molecule has 0 bridgehead atoms. The van der Waals surface area contributed by atoms with Crippen molar-refractivity contribution in [2.24, 2.45) is 7.05 Å². The summed E-state index contributed by atoms with van der Waals surface area (Å²) in [6.45, 7) is 4.31. The molecule has 0 atom stereocenters. The van der Waals surface area contributed by atoms with Crippen LogP contribution in [0.2, 0.25) is 0 Å². The zero-order valence-corrected chi connectivity index (χ0v) is 14.9. The van der Waals surface area contributed by atoms with Crippen molar-refractivity contribution >= 4 is 32.6 Å². The molecule has 0 unspecified atom stereocenters. The molecule has 22 heavy (non-hydrogen) atoms. The maximum atomic E-state index is 9.81. The van der Waals surface area contributed by atoms with Crippen LogP contribution < -0.4 is 28.5 Å². The zero-order valence-electron chi connectivity index (χ0n) is 12.7. The fourth-order valence-corrected chi connectivity index (χ4v) is 3.34. The molecule has 0 aliphatic carbocycles. The molecule has 0 saturated carbocycles. The van der Waals surface area contributed by atoms with E-state index >= 15 is 0 Å². The van der Waals surface area contributed by atoms with Crippen LogP contribution in [0.25, 0.3) is 32.6 Å². The Morgan fingerprint density at radius 2 is 1.77 bits per heavy atom. The van der Waals surface area contributed by atoms with Crippen molar-refractivity contribution in [3.63, 3.8) is 0 Å². The predicted octanol–water partition coefficient (Wildman–Crippen LogP) is 0.625. The summed E-state index contributed by atoms with van der Waals surface area (Å²) in [6.07, 6.45) is 4.24. The minimum atomic E-state index is 0. The maximum Gasteiger partial charge on any atom is 0.176 e. The van der Waals surface area contributed by atoms with E-state index in [0.29, 0.717) is 5.75 Å². The SMILES string of the molecule is Cc1c2cc[n+](C)cc2c(C)c2c1[nH]c1ccc(O)cc12.[I-]. The molecule has 0 fully saturated rings. The van der Waals surface area contributed by atoms with Crippen LogP contribution in [0.5, 0.6) is 5.75 Å². The third-order valence-corrected chi connectivity index (χ3v) is 4.44. The van der Waals surface area contributed by atoms with Crippen molar-refractivity contribution in [1.29, 1.82) is 0 Å². The van der Waals surface area contributed by atoms with E-state index in [4.69, 9.17) is 0 Å². The maximum absolute atomic E-state index is 9.81. The number of nitrogens with one attached hydrogen (secondary N) is 1. The fourth-order valence-electron chi connectivity index (χ4n) is 3.34. The highest BCUT2D eigenvalue weighted by molar-refractivity contribution is 6.16. The monoisotopic (exact) mass is 404 g/mol. The van der Waals surface area contributed by atoms with Crippen molar-refractivity contribution in [3.05, 3.63) is 47.8 Å². The predicted molar refractivity (Wildman–Crippen MR) is 85.6 cm³/mol. The molecule has 0 radical (unpaired) electrons. The van der Waals surface area contributed by atoms with E-state index in [1.54, 1.807) is 6.07 Å². The van der Waals surface area contributed by atoms with Crippen molar-refractivity contribution in [3.8, 4) is 5.75 Å². The van der Waals surface area contributed by atoms with Gasteiger partial charge in [-0.1, -0.05) is 0 Å². The normalized spacial score (nSPS) is 11.2. The Bertz CT molecular complexity index is 1030. The quantitative estimate of drug-likeness (QED) is 0.328. The van der Waals surface area contributed by atoms with Crippen LogP contribution in [0, 0.1) is 13.8 Å². The number of halogens is 1. The standard InChI is InChI=1S/C18H16N2O.HI/c1-10-15-9-20(3)7-6-13(15)11(2)18-17(10)14-8-12(21)4-5-16(14)19-18;/h4-9,21H,1-3H3;1H. The molecule has 0 aliphatic rings. The third-order valence-electron chi connectivity index (χ3n) is 4.44. The van der Waals surface area contributed by atoms with E-state index < -0.39 is 0 Å². The second kappa shape index (κ2) is 5.12. The molecular weight excluding hydrogens is 387 g/mol. The number of pyridine rings is 1. The topological polar surface area (TPSA) is 39.9 Å². The molecule has 4 rings (SSSR count). The first-order valence-electron chi connectivity index (χ1n) is 7.09. The molecule has 0 saturated heterocycles. The number of benzene rings is 2. The minimum Gasteiger partial charge on any atom is -1.00 e. The Balaban J connectivity index is 0.00000144. The Morgan fingerprint density at radius 1 is 1.00 bits per heavy atom. The van der Waals surface area contributed by atoms with Gasteiger partial charge in [0.2, 0.25) is 0 Å². The molecular formula is C18H17IN2O. The molecule has 2 heterocycles. The van der Waals surface area contributed by atoms with Gasteiger partial charge in [-0.25, -0.2) is 4.57 Å². The Kier molecular flexibility index (Phi) is 3.51. The molecule has 2 aromatic heterocycles. The van der Waals surface area contributed by atoms with Gasteiger partial charge in [0.25, 0.3) is 0 Å². The lowest BCUT2D eigenvalue weighted by molar-refractivity contribution is -0.670. The Hall–Kier alpha value is -1.82. The number of rotatable bonds is 0. The van der Waals surface area contributed by atoms with Crippen LogP contribution in [-0.2, 0) is 7.05 Å². The smallest absolute Gasteiger partial charge is 0.176 e. The number of aromatic hydroxyl groups is 1. The number of aromatic amines is 1. The van der Waals surface area contributed by atoms with E-state index in [9.17, 15) is 5.11 Å². The first-order chi connectivity index (χ1) is 10.1. The average Bonchev–Trinajstić information content (AvgIpc) is 2.83. The molecule has 4 heteroatoms. The molecule has 2 aromatic carbocycles. The second-order valence-electron chi connectivity index (χ2n) is 5.79. The third kappa shape index (κ3) is 1.97. The van der Waals surface area contributed by atoms with Gasteiger partial charge < -0.3 is 34.1 Å². The number of phenolic OH excluding ortho intramolecular Hbond substituents is 1. The lowest BCUT2D eigenvalue weighted by Crippen LogP contribution is -3.00. The van der Waals surface area contributed by atoms with Gasteiger partial charge >= 0.3 is 0 Å². The number of H-pyrrole nitrogens is 1. The summed E-state index contributed by atoms with van der Waals surface area (Å²) in [5.41, 5.74) is 4.73. The van der Waals surface area contributed by atoms with Gasteiger partial charge in [0.15, 0.2) is 12.4 Å². The lowest BCUT2D eigenvalue weighted by atomic mass is 9.97. The number of aryl methyl sites for hydroxylation is 3. The van der Waals surface area contributed by atoms with Gasteiger partial charge in [0.1, 0.15) is 12.8 Å². The van der Waals surface area contributed by atoms with Gasteiger partial charge in [0.05, 0.1) is 5.52 Å². The molecule has 0 spiro atoms. The van der Waals surface area contributed by atoms with Crippen LogP contribution in [0.3, 0.4) is 0 Å². The zero-order chi connectivity index (χ0) is 14.7. The van der Waals surface area contributed by atoms with Crippen LogP contribution in [0.4, 0.5) is 0 Å². The van der Waals surface area contributed by atoms with Gasteiger partial charge in [-0.05, 0) is 48.6 Å². The number of hydrogen-bond acceptors (Lipinski definition) is 1. The first-order valence-corrected chi connectivity index (χ1v) is 7.09. The number of hydrogen-bond donors (Lipinski definition) is 2. The first kappa shape index (κ1) is 15.1. The average molecular weight is 404 g/mol. The van der Waals surface area contributed by atoms with Gasteiger partial charge in [0, 0.05) is 27.7 Å². The molecule has 2 N–H and O–H groups in total. The summed E-state index contributed by atoms with van der Waals surface area (Å²) < 4.78 is 2.08. The van der Waals surface area contributed by atoms with Crippen LogP contribution in [-0.4, -0.2) is 10.1 Å². The van der Waals surface area contributed by atoms with Crippen molar-refractivity contribution in [1.82, 2.24) is 4.98 Å². The molecule has 112 valence electrons. The van der Waals surface area contributed by atoms with Crippen LogP contribution >= 0.6 is 0 Å². The van der Waals surface area contributed by atoms with Crippen molar-refractivity contribution < 1.29 is 33.7 Å². The second-order valence-corrected chi connectivity index (χ2v) is 5.79. The van der Waals surface area contributed by atoms with Crippen LogP contribution in [0.1, 0.15) is 11.1 Å². The summed E-state index contributed by atoms with van der Waals surface area (Å²) in [7, 11) is 2.04. The highest BCUT2D eigenvalue weighted by Crippen LogP contribution is 2.36. The number of fused-ring (bicyclic) bond motifs is 4. The largest absolute Gasteiger partial charge is 1.00 e. The minimum absolute atomic E-state index is 0. The van der Waals surface area contributed by atoms with Gasteiger partial charge in [-0.2, -0.15) is 0 Å². The van der Waals surface area contributed by atoms with E-state index in [-0.39, 0.29) is 24.0 Å². The fraction of sp³-hybridized carbons (Fsp3) is 0.167. The Labute approximate surface area is 145 Å². The molecule has 0 amide bonds. The van der Waals surface area contributed by atoms with E-state index in [1.165, 1.54) is 27.3 Å². The van der Waals surface area contributed by atoms with Crippen LogP contribution in [0.15, 0.2) is 36.7 Å². The lowest BCUT2D eigenvalue weighted by Gasteiger charge is -2.07. The summed E-state index contributed by atoms with van der Waals surface area (Å²) in [5, 5.41) is 14.6. The number of nitrogens with zero attached hydrogens (tertiary/aromatic N) is 1. The van der Waals surface area contributed by atoms with E-state index in [1.807, 2.05) is 19.2 Å². The van der Waals surface area contributed by atoms with Gasteiger partial charge in [-0.3, -0.25) is 0 Å². The number of phenols is 1. The summed E-state index contributed by atoms with van der Waals surface area (Å²) in [4.78, 5) is 3.50. The van der Waals surface area contributed by atoms with E-state index in [0.717, 1.165) is 16.4 Å². The van der Waals surface area contributed by atoms with E-state index in [2.05, 4.69) is 41.9 Å². The highest BCUT2D eigenvalue weighted by atomic mass is 127. The van der Waals surface area contributed by atoms with Gasteiger partial charge in [-0.15, -0.1) is 0 Å². The molecule has 0 aliphatic heterocycles. The molecule has 3 nitrogen and oxygen atoms in total. The van der Waals surface area contributed by atoms with Crippen molar-refractivity contribution in [2.45, 2.75) is 13.8 Å². The number of aromatic nitrogens is 2.